The second-order valence-electron chi connectivity index (χ2n) is 9.20. The molecule has 1 aliphatic heterocycles. The van der Waals surface area contributed by atoms with Crippen LogP contribution in [-0.2, 0) is 28.9 Å². The van der Waals surface area contributed by atoms with Crippen molar-refractivity contribution in [1.29, 1.82) is 0 Å². The fraction of sp³-hybridized carbons (Fsp3) is 0.560. The Balaban J connectivity index is 1.76. The molecule has 0 fully saturated rings. The van der Waals surface area contributed by atoms with Gasteiger partial charge in [-0.1, -0.05) is 31.5 Å². The predicted octanol–water partition coefficient (Wildman–Crippen LogP) is 3.72. The van der Waals surface area contributed by atoms with Crippen molar-refractivity contribution in [3.8, 4) is 0 Å². The van der Waals surface area contributed by atoms with E-state index in [0.29, 0.717) is 44.0 Å². The second kappa shape index (κ2) is 10.8. The van der Waals surface area contributed by atoms with E-state index in [-0.39, 0.29) is 23.9 Å². The average Bonchev–Trinajstić information content (AvgIpc) is 3.08. The van der Waals surface area contributed by atoms with Crippen molar-refractivity contribution in [1.82, 2.24) is 15.1 Å². The topological polar surface area (TPSA) is 82.5 Å². The van der Waals surface area contributed by atoms with Crippen molar-refractivity contribution in [2.45, 2.75) is 59.9 Å². The van der Waals surface area contributed by atoms with Crippen LogP contribution in [0.3, 0.4) is 0 Å². The first kappa shape index (κ1) is 24.0. The lowest BCUT2D eigenvalue weighted by atomic mass is 9.86. The minimum atomic E-state index is -0.333. The molecule has 0 unspecified atom stereocenters. The van der Waals surface area contributed by atoms with Crippen LogP contribution in [0.1, 0.15) is 71.3 Å². The van der Waals surface area contributed by atoms with Crippen LogP contribution >= 0.6 is 0 Å². The summed E-state index contributed by atoms with van der Waals surface area (Å²) in [5, 5.41) is 7.78. The molecule has 0 atom stereocenters. The van der Waals surface area contributed by atoms with Crippen LogP contribution in [0.15, 0.2) is 24.3 Å². The number of benzene rings is 1. The van der Waals surface area contributed by atoms with E-state index in [1.165, 1.54) is 0 Å². The van der Waals surface area contributed by atoms with Crippen molar-refractivity contribution in [2.24, 2.45) is 5.41 Å². The lowest BCUT2D eigenvalue weighted by molar-refractivity contribution is 0.0339. The molecule has 1 aromatic carbocycles. The Morgan fingerprint density at radius 1 is 1.22 bits per heavy atom. The summed E-state index contributed by atoms with van der Waals surface area (Å²) in [6, 6.07) is 7.37. The normalized spacial score (nSPS) is 15.4. The lowest BCUT2D eigenvalue weighted by Gasteiger charge is -2.24. The SMILES string of the molecule is CCn1nc(CC(C)(C)COC(=O)c2ccc(C)cc2)c2c1C(=O)NCCCOCCC2. The third-order valence-corrected chi connectivity index (χ3v) is 5.64. The van der Waals surface area contributed by atoms with Crippen LogP contribution in [0.2, 0.25) is 0 Å². The highest BCUT2D eigenvalue weighted by molar-refractivity contribution is 5.94. The molecule has 1 N–H and O–H groups in total. The van der Waals surface area contributed by atoms with Crippen LogP contribution < -0.4 is 5.32 Å². The van der Waals surface area contributed by atoms with E-state index in [4.69, 9.17) is 14.6 Å². The molecule has 0 spiro atoms. The molecule has 0 aliphatic carbocycles. The fourth-order valence-corrected chi connectivity index (χ4v) is 3.89. The number of hydrogen-bond acceptors (Lipinski definition) is 5. The van der Waals surface area contributed by atoms with Crippen LogP contribution in [0, 0.1) is 12.3 Å². The number of nitrogens with zero attached hydrogens (tertiary/aromatic N) is 2. The number of hydrogen-bond donors (Lipinski definition) is 1. The summed E-state index contributed by atoms with van der Waals surface area (Å²) in [7, 11) is 0. The molecule has 2 heterocycles. The number of rotatable bonds is 6. The average molecular weight is 442 g/mol. The summed E-state index contributed by atoms with van der Waals surface area (Å²) >= 11 is 0. The molecule has 174 valence electrons. The molecule has 0 bridgehead atoms. The number of carbonyl (C=O) groups is 2. The summed E-state index contributed by atoms with van der Waals surface area (Å²) in [4.78, 5) is 25.4. The highest BCUT2D eigenvalue weighted by Gasteiger charge is 2.29. The van der Waals surface area contributed by atoms with E-state index in [0.717, 1.165) is 36.1 Å². The number of carbonyl (C=O) groups excluding carboxylic acids is 2. The smallest absolute Gasteiger partial charge is 0.338 e. The summed E-state index contributed by atoms with van der Waals surface area (Å²) in [5.41, 5.74) is 3.84. The zero-order valence-electron chi connectivity index (χ0n) is 19.7. The van der Waals surface area contributed by atoms with E-state index < -0.39 is 0 Å². The highest BCUT2D eigenvalue weighted by Crippen LogP contribution is 2.27. The summed E-state index contributed by atoms with van der Waals surface area (Å²) in [6.07, 6.45) is 2.98. The van der Waals surface area contributed by atoms with Gasteiger partial charge >= 0.3 is 5.97 Å². The Morgan fingerprint density at radius 2 is 1.94 bits per heavy atom. The Bertz CT molecular complexity index is 931. The first-order valence-electron chi connectivity index (χ1n) is 11.5. The van der Waals surface area contributed by atoms with Gasteiger partial charge in [0, 0.05) is 43.7 Å². The Labute approximate surface area is 190 Å². The minimum Gasteiger partial charge on any atom is -0.462 e. The van der Waals surface area contributed by atoms with Gasteiger partial charge in [0.15, 0.2) is 0 Å². The van der Waals surface area contributed by atoms with Crippen LogP contribution in [0.5, 0.6) is 0 Å². The molecule has 3 rings (SSSR count). The number of esters is 1. The second-order valence-corrected chi connectivity index (χ2v) is 9.20. The van der Waals surface area contributed by atoms with Gasteiger partial charge < -0.3 is 14.8 Å². The largest absolute Gasteiger partial charge is 0.462 e. The molecule has 7 nitrogen and oxygen atoms in total. The first-order valence-corrected chi connectivity index (χ1v) is 11.5. The standard InChI is InChI=1S/C25H35N3O4/c1-5-28-22-20(8-6-14-31-15-7-13-26-23(22)29)21(27-28)16-25(3,4)17-32-24(30)19-11-9-18(2)10-12-19/h9-12H,5-8,13-17H2,1-4H3,(H,26,29). The molecule has 1 aliphatic rings. The first-order chi connectivity index (χ1) is 15.3. The number of aryl methyl sites for hydroxylation is 2. The van der Waals surface area contributed by atoms with Gasteiger partial charge in [-0.2, -0.15) is 5.10 Å². The molecule has 0 radical (unpaired) electrons. The quantitative estimate of drug-likeness (QED) is 0.691. The predicted molar refractivity (Wildman–Crippen MR) is 123 cm³/mol. The number of amides is 1. The third kappa shape index (κ3) is 6.19. The molecule has 7 heteroatoms. The van der Waals surface area contributed by atoms with Crippen molar-refractivity contribution in [2.75, 3.05) is 26.4 Å². The molecule has 1 aromatic heterocycles. The summed E-state index contributed by atoms with van der Waals surface area (Å²) in [5.74, 6) is -0.404. The number of nitrogens with one attached hydrogen (secondary N) is 1. The van der Waals surface area contributed by atoms with Crippen molar-refractivity contribution in [3.63, 3.8) is 0 Å². The fourth-order valence-electron chi connectivity index (χ4n) is 3.89. The molecule has 0 saturated heterocycles. The van der Waals surface area contributed by atoms with Gasteiger partial charge in [0.25, 0.3) is 5.91 Å². The number of aromatic nitrogens is 2. The maximum Gasteiger partial charge on any atom is 0.338 e. The van der Waals surface area contributed by atoms with Crippen LogP contribution in [0.4, 0.5) is 0 Å². The number of fused-ring (bicyclic) bond motifs is 1. The van der Waals surface area contributed by atoms with E-state index in [1.807, 2.05) is 26.0 Å². The summed E-state index contributed by atoms with van der Waals surface area (Å²) in [6.45, 7) is 10.9. The van der Waals surface area contributed by atoms with Gasteiger partial charge in [-0.25, -0.2) is 4.79 Å². The molecule has 1 amide bonds. The Kier molecular flexibility index (Phi) is 8.07. The Morgan fingerprint density at radius 3 is 2.66 bits per heavy atom. The zero-order chi connectivity index (χ0) is 23.1. The van der Waals surface area contributed by atoms with Crippen molar-refractivity contribution in [3.05, 3.63) is 52.3 Å². The van der Waals surface area contributed by atoms with E-state index in [9.17, 15) is 9.59 Å². The lowest BCUT2D eigenvalue weighted by Crippen LogP contribution is -2.28. The Hall–Kier alpha value is -2.67. The van der Waals surface area contributed by atoms with E-state index in [1.54, 1.807) is 16.8 Å². The van der Waals surface area contributed by atoms with Gasteiger partial charge in [0.1, 0.15) is 5.69 Å². The van der Waals surface area contributed by atoms with Crippen molar-refractivity contribution >= 4 is 11.9 Å². The van der Waals surface area contributed by atoms with Gasteiger partial charge in [-0.05, 0) is 45.2 Å². The van der Waals surface area contributed by atoms with Crippen molar-refractivity contribution < 1.29 is 19.1 Å². The van der Waals surface area contributed by atoms with E-state index in [2.05, 4.69) is 19.2 Å². The summed E-state index contributed by atoms with van der Waals surface area (Å²) < 4.78 is 13.1. The molecular formula is C25H35N3O4. The highest BCUT2D eigenvalue weighted by atomic mass is 16.5. The van der Waals surface area contributed by atoms with E-state index >= 15 is 0 Å². The third-order valence-electron chi connectivity index (χ3n) is 5.64. The van der Waals surface area contributed by atoms with Gasteiger partial charge in [-0.15, -0.1) is 0 Å². The van der Waals surface area contributed by atoms with Crippen LogP contribution in [-0.4, -0.2) is 48.0 Å². The maximum atomic E-state index is 12.9. The maximum absolute atomic E-state index is 12.9. The zero-order valence-corrected chi connectivity index (χ0v) is 19.7. The van der Waals surface area contributed by atoms with Gasteiger partial charge in [0.05, 0.1) is 17.9 Å². The molecular weight excluding hydrogens is 406 g/mol. The molecule has 0 saturated carbocycles. The molecule has 2 aromatic rings. The minimum absolute atomic E-state index is 0.0777. The van der Waals surface area contributed by atoms with Gasteiger partial charge in [0.2, 0.25) is 0 Å². The monoisotopic (exact) mass is 441 g/mol. The number of ether oxygens (including phenoxy) is 2. The van der Waals surface area contributed by atoms with Crippen LogP contribution in [0.25, 0.3) is 0 Å². The van der Waals surface area contributed by atoms with Gasteiger partial charge in [-0.3, -0.25) is 9.48 Å². The molecule has 32 heavy (non-hydrogen) atoms.